The summed E-state index contributed by atoms with van der Waals surface area (Å²) in [5.74, 6) is 0. The van der Waals surface area contributed by atoms with Crippen LogP contribution in [0.2, 0.25) is 0 Å². The Morgan fingerprint density at radius 1 is 0.395 bits per heavy atom. The lowest BCUT2D eigenvalue weighted by atomic mass is 10.0. The second-order valence-electron chi connectivity index (χ2n) is 11.4. The highest BCUT2D eigenvalue weighted by Crippen LogP contribution is 2.23. The first kappa shape index (κ1) is 33.0. The Balaban J connectivity index is 1.57. The smallest absolute Gasteiger partial charge is 0.158 e. The van der Waals surface area contributed by atoms with E-state index >= 15 is 0 Å². The summed E-state index contributed by atoms with van der Waals surface area (Å²) in [6, 6.07) is 17.0. The Kier molecular flexibility index (Phi) is 19.6. The molecule has 0 aliphatic heterocycles. The first-order valence-corrected chi connectivity index (χ1v) is 17.5. The molecule has 2 aromatic carbocycles. The second kappa shape index (κ2) is 22.6. The Morgan fingerprint density at radius 3 is 0.947 bits per heavy atom. The topological polar surface area (TPSA) is 23.1 Å². The van der Waals surface area contributed by atoms with E-state index in [2.05, 4.69) is 62.4 Å². The van der Waals surface area contributed by atoms with Gasteiger partial charge < -0.3 is 4.55 Å². The quantitative estimate of drug-likeness (QED) is 0.0962. The monoisotopic (exact) mass is 538 g/mol. The van der Waals surface area contributed by atoms with E-state index in [-0.39, 0.29) is 0 Å². The van der Waals surface area contributed by atoms with Gasteiger partial charge in [-0.25, -0.2) is 0 Å². The molecule has 0 saturated heterocycles. The second-order valence-corrected chi connectivity index (χ2v) is 12.9. The minimum Gasteiger partial charge on any atom is -0.606 e. The third kappa shape index (κ3) is 15.4. The summed E-state index contributed by atoms with van der Waals surface area (Å²) in [5.41, 5.74) is 2.74. The van der Waals surface area contributed by atoms with Gasteiger partial charge in [0.05, 0.1) is 0 Å². The van der Waals surface area contributed by atoms with Crippen LogP contribution in [0.15, 0.2) is 58.3 Å². The zero-order valence-corrected chi connectivity index (χ0v) is 25.8. The van der Waals surface area contributed by atoms with Crippen LogP contribution in [-0.4, -0.2) is 4.55 Å². The van der Waals surface area contributed by atoms with E-state index in [1.54, 1.807) is 0 Å². The standard InChI is InChI=1S/C36H58OS/c1-3-5-7-9-11-13-15-17-19-21-23-33-25-29-35(30-26-33)38(37)36-31-27-34(28-32-36)24-22-20-18-16-14-12-10-8-6-4-2/h25-32H,3-24H2,1-2H3. The molecule has 0 fully saturated rings. The molecule has 1 nitrogen and oxygen atoms in total. The van der Waals surface area contributed by atoms with Crippen LogP contribution in [0.3, 0.4) is 0 Å². The third-order valence-corrected chi connectivity index (χ3v) is 9.31. The molecule has 0 atom stereocenters. The highest BCUT2D eigenvalue weighted by atomic mass is 32.2. The van der Waals surface area contributed by atoms with Gasteiger partial charge in [-0.3, -0.25) is 0 Å². The van der Waals surface area contributed by atoms with E-state index < -0.39 is 11.2 Å². The summed E-state index contributed by atoms with van der Waals surface area (Å²) in [5, 5.41) is 0. The molecule has 0 unspecified atom stereocenters. The maximum atomic E-state index is 13.1. The lowest BCUT2D eigenvalue weighted by molar-refractivity contribution is 0.556. The van der Waals surface area contributed by atoms with Crippen molar-refractivity contribution < 1.29 is 4.55 Å². The molecule has 0 bridgehead atoms. The lowest BCUT2D eigenvalue weighted by Gasteiger charge is -2.11. The number of aryl methyl sites for hydroxylation is 2. The third-order valence-electron chi connectivity index (χ3n) is 7.91. The molecule has 0 aliphatic carbocycles. The lowest BCUT2D eigenvalue weighted by Crippen LogP contribution is -2.02. The van der Waals surface area contributed by atoms with Crippen molar-refractivity contribution in [3.63, 3.8) is 0 Å². The van der Waals surface area contributed by atoms with E-state index in [1.165, 1.54) is 140 Å². The van der Waals surface area contributed by atoms with Crippen LogP contribution >= 0.6 is 0 Å². The molecule has 0 spiro atoms. The molecule has 38 heavy (non-hydrogen) atoms. The molecule has 2 aromatic rings. The average molecular weight is 539 g/mol. The Bertz CT molecular complexity index is 714. The molecule has 2 rings (SSSR count). The van der Waals surface area contributed by atoms with Crippen LogP contribution in [0.25, 0.3) is 0 Å². The highest BCUT2D eigenvalue weighted by Gasteiger charge is 2.14. The van der Waals surface area contributed by atoms with Gasteiger partial charge in [-0.05, 0) is 61.1 Å². The van der Waals surface area contributed by atoms with Crippen molar-refractivity contribution in [1.29, 1.82) is 0 Å². The number of benzene rings is 2. The molecule has 2 heteroatoms. The van der Waals surface area contributed by atoms with E-state index in [9.17, 15) is 4.55 Å². The molecule has 214 valence electrons. The fraction of sp³-hybridized carbons (Fsp3) is 0.667. The van der Waals surface area contributed by atoms with E-state index in [0.29, 0.717) is 0 Å². The number of hydrogen-bond donors (Lipinski definition) is 0. The van der Waals surface area contributed by atoms with Gasteiger partial charge in [0.15, 0.2) is 9.79 Å². The highest BCUT2D eigenvalue weighted by molar-refractivity contribution is 7.91. The Morgan fingerprint density at radius 2 is 0.658 bits per heavy atom. The van der Waals surface area contributed by atoms with Crippen LogP contribution in [0, 0.1) is 0 Å². The number of hydrogen-bond acceptors (Lipinski definition) is 1. The van der Waals surface area contributed by atoms with Crippen LogP contribution < -0.4 is 0 Å². The van der Waals surface area contributed by atoms with Gasteiger partial charge in [-0.2, -0.15) is 0 Å². The molecule has 0 radical (unpaired) electrons. The predicted molar refractivity (Wildman–Crippen MR) is 169 cm³/mol. The zero-order chi connectivity index (χ0) is 27.1. The van der Waals surface area contributed by atoms with Gasteiger partial charge in [-0.1, -0.05) is 154 Å². The van der Waals surface area contributed by atoms with Gasteiger partial charge in [0, 0.05) is 11.2 Å². The summed E-state index contributed by atoms with van der Waals surface area (Å²) in [6.45, 7) is 4.57. The molecule has 0 N–H and O–H groups in total. The normalized spacial score (nSPS) is 11.5. The summed E-state index contributed by atoms with van der Waals surface area (Å²) in [7, 11) is 0. The van der Waals surface area contributed by atoms with Crippen molar-refractivity contribution in [3.8, 4) is 0 Å². The molecular formula is C36H58OS. The van der Waals surface area contributed by atoms with Crippen molar-refractivity contribution in [2.45, 2.75) is 165 Å². The fourth-order valence-electron chi connectivity index (χ4n) is 5.33. The Labute approximate surface area is 239 Å². The number of unbranched alkanes of at least 4 members (excludes halogenated alkanes) is 18. The largest absolute Gasteiger partial charge is 0.606 e. The minimum absolute atomic E-state index is 0.916. The number of rotatable bonds is 24. The van der Waals surface area contributed by atoms with Gasteiger partial charge >= 0.3 is 0 Å². The molecule has 0 amide bonds. The SMILES string of the molecule is CCCCCCCCCCCCc1ccc([S+]([O-])c2ccc(CCCCCCCCCCCC)cc2)cc1. The summed E-state index contributed by atoms with van der Waals surface area (Å²) >= 11 is -1.09. The summed E-state index contributed by atoms with van der Waals surface area (Å²) in [4.78, 5) is 1.83. The van der Waals surface area contributed by atoms with Crippen molar-refractivity contribution in [2.24, 2.45) is 0 Å². The summed E-state index contributed by atoms with van der Waals surface area (Å²) < 4.78 is 13.1. The maximum Gasteiger partial charge on any atom is 0.158 e. The van der Waals surface area contributed by atoms with Crippen LogP contribution in [0.4, 0.5) is 0 Å². The van der Waals surface area contributed by atoms with Crippen molar-refractivity contribution in [3.05, 3.63) is 59.7 Å². The van der Waals surface area contributed by atoms with Gasteiger partial charge in [0.1, 0.15) is 0 Å². The van der Waals surface area contributed by atoms with E-state index in [4.69, 9.17) is 0 Å². The molecule has 0 aromatic heterocycles. The first-order valence-electron chi connectivity index (χ1n) is 16.3. The van der Waals surface area contributed by atoms with Crippen molar-refractivity contribution in [1.82, 2.24) is 0 Å². The molecular weight excluding hydrogens is 480 g/mol. The van der Waals surface area contributed by atoms with Gasteiger partial charge in [0.25, 0.3) is 0 Å². The predicted octanol–water partition coefficient (Wildman–Crippen LogP) is 11.8. The molecule has 0 heterocycles. The van der Waals surface area contributed by atoms with E-state index in [0.717, 1.165) is 22.6 Å². The Hall–Kier alpha value is -1.25. The van der Waals surface area contributed by atoms with Crippen molar-refractivity contribution >= 4 is 11.2 Å². The van der Waals surface area contributed by atoms with E-state index in [1.807, 2.05) is 0 Å². The summed E-state index contributed by atoms with van der Waals surface area (Å²) in [6.07, 6.45) is 29.8. The van der Waals surface area contributed by atoms with Gasteiger partial charge in [0.2, 0.25) is 0 Å². The average Bonchev–Trinajstić information content (AvgIpc) is 2.95. The molecule has 0 aliphatic rings. The molecule has 0 saturated carbocycles. The van der Waals surface area contributed by atoms with Crippen LogP contribution in [-0.2, 0) is 24.0 Å². The van der Waals surface area contributed by atoms with Gasteiger partial charge in [-0.15, -0.1) is 0 Å². The maximum absolute atomic E-state index is 13.1. The minimum atomic E-state index is -1.09. The van der Waals surface area contributed by atoms with Crippen LogP contribution in [0.5, 0.6) is 0 Å². The zero-order valence-electron chi connectivity index (χ0n) is 25.0. The van der Waals surface area contributed by atoms with Crippen molar-refractivity contribution in [2.75, 3.05) is 0 Å². The first-order chi connectivity index (χ1) is 18.7. The fourth-order valence-corrected chi connectivity index (χ4v) is 6.37. The van der Waals surface area contributed by atoms with Crippen LogP contribution in [0.1, 0.15) is 153 Å².